The monoisotopic (exact) mass is 256 g/mol. The molecule has 0 spiro atoms. The third-order valence-electron chi connectivity index (χ3n) is 2.98. The standard InChI is InChI=1S/C16H16O3/c1-11-5-3-6-12(9-11)15(17)13-7-4-8-14(10-13)16(18)19-2/h3-10,15,17H,1-2H3. The number of methoxy groups -OCH3 is 1. The number of aliphatic hydroxyl groups excluding tert-OH is 1. The Bertz CT molecular complexity index is 590. The quantitative estimate of drug-likeness (QED) is 0.859. The van der Waals surface area contributed by atoms with Gasteiger partial charge in [0.1, 0.15) is 6.10 Å². The lowest BCUT2D eigenvalue weighted by Gasteiger charge is -2.13. The van der Waals surface area contributed by atoms with Gasteiger partial charge in [-0.15, -0.1) is 0 Å². The zero-order chi connectivity index (χ0) is 13.8. The average Bonchev–Trinajstić information content (AvgIpc) is 2.45. The number of carbonyl (C=O) groups is 1. The molecule has 2 rings (SSSR count). The predicted octanol–water partition coefficient (Wildman–Crippen LogP) is 2.86. The van der Waals surface area contributed by atoms with Crippen molar-refractivity contribution in [2.75, 3.05) is 7.11 Å². The Morgan fingerprint density at radius 3 is 2.37 bits per heavy atom. The Hall–Kier alpha value is -2.13. The largest absolute Gasteiger partial charge is 0.465 e. The second-order valence-corrected chi connectivity index (χ2v) is 4.43. The molecule has 2 aromatic rings. The molecule has 1 atom stereocenters. The van der Waals surface area contributed by atoms with E-state index < -0.39 is 12.1 Å². The van der Waals surface area contributed by atoms with Crippen LogP contribution in [0.5, 0.6) is 0 Å². The van der Waals surface area contributed by atoms with Crippen molar-refractivity contribution in [2.24, 2.45) is 0 Å². The van der Waals surface area contributed by atoms with Crippen LogP contribution in [-0.2, 0) is 4.74 Å². The maximum Gasteiger partial charge on any atom is 0.337 e. The van der Waals surface area contributed by atoms with Gasteiger partial charge in [0.15, 0.2) is 0 Å². The van der Waals surface area contributed by atoms with E-state index in [9.17, 15) is 9.90 Å². The number of rotatable bonds is 3. The lowest BCUT2D eigenvalue weighted by Crippen LogP contribution is -2.05. The molecule has 19 heavy (non-hydrogen) atoms. The van der Waals surface area contributed by atoms with Gasteiger partial charge in [-0.2, -0.15) is 0 Å². The SMILES string of the molecule is COC(=O)c1cccc(C(O)c2cccc(C)c2)c1. The molecule has 0 heterocycles. The molecular formula is C16H16O3. The van der Waals surface area contributed by atoms with Crippen LogP contribution in [0.1, 0.15) is 33.2 Å². The van der Waals surface area contributed by atoms with Crippen LogP contribution in [0.2, 0.25) is 0 Å². The second kappa shape index (κ2) is 5.67. The minimum Gasteiger partial charge on any atom is -0.465 e. The fourth-order valence-corrected chi connectivity index (χ4v) is 1.99. The molecule has 0 radical (unpaired) electrons. The topological polar surface area (TPSA) is 46.5 Å². The average molecular weight is 256 g/mol. The lowest BCUT2D eigenvalue weighted by molar-refractivity contribution is 0.0600. The van der Waals surface area contributed by atoms with Gasteiger partial charge in [0.25, 0.3) is 0 Å². The maximum atomic E-state index is 11.5. The summed E-state index contributed by atoms with van der Waals surface area (Å²) in [5.74, 6) is -0.404. The molecule has 2 aromatic carbocycles. The van der Waals surface area contributed by atoms with E-state index in [1.165, 1.54) is 7.11 Å². The first-order chi connectivity index (χ1) is 9.11. The molecule has 1 unspecified atom stereocenters. The fourth-order valence-electron chi connectivity index (χ4n) is 1.99. The number of esters is 1. The van der Waals surface area contributed by atoms with Crippen molar-refractivity contribution in [1.82, 2.24) is 0 Å². The van der Waals surface area contributed by atoms with Crippen molar-refractivity contribution in [3.8, 4) is 0 Å². The van der Waals surface area contributed by atoms with Gasteiger partial charge in [-0.3, -0.25) is 0 Å². The minimum absolute atomic E-state index is 0.404. The van der Waals surface area contributed by atoms with Crippen LogP contribution >= 0.6 is 0 Å². The van der Waals surface area contributed by atoms with Gasteiger partial charge in [0, 0.05) is 0 Å². The molecule has 98 valence electrons. The van der Waals surface area contributed by atoms with Gasteiger partial charge in [-0.05, 0) is 30.2 Å². The van der Waals surface area contributed by atoms with Gasteiger partial charge >= 0.3 is 5.97 Å². The van der Waals surface area contributed by atoms with Crippen LogP contribution in [0.4, 0.5) is 0 Å². The smallest absolute Gasteiger partial charge is 0.337 e. The van der Waals surface area contributed by atoms with Gasteiger partial charge < -0.3 is 9.84 Å². The summed E-state index contributed by atoms with van der Waals surface area (Å²) in [5, 5.41) is 10.3. The highest BCUT2D eigenvalue weighted by Gasteiger charge is 2.13. The van der Waals surface area contributed by atoms with Crippen molar-refractivity contribution in [3.05, 3.63) is 70.8 Å². The van der Waals surface area contributed by atoms with Gasteiger partial charge in [0.05, 0.1) is 12.7 Å². The Morgan fingerprint density at radius 2 is 1.74 bits per heavy atom. The predicted molar refractivity (Wildman–Crippen MR) is 73.0 cm³/mol. The second-order valence-electron chi connectivity index (χ2n) is 4.43. The summed E-state index contributed by atoms with van der Waals surface area (Å²) in [6.07, 6.45) is -0.746. The van der Waals surface area contributed by atoms with Crippen molar-refractivity contribution in [3.63, 3.8) is 0 Å². The molecule has 0 saturated heterocycles. The van der Waals surface area contributed by atoms with E-state index in [4.69, 9.17) is 0 Å². The van der Waals surface area contributed by atoms with Crippen LogP contribution in [0.15, 0.2) is 48.5 Å². The van der Waals surface area contributed by atoms with E-state index in [0.717, 1.165) is 11.1 Å². The minimum atomic E-state index is -0.746. The highest BCUT2D eigenvalue weighted by molar-refractivity contribution is 5.89. The summed E-state index contributed by atoms with van der Waals surface area (Å²) < 4.78 is 4.68. The van der Waals surface area contributed by atoms with Crippen LogP contribution in [0.3, 0.4) is 0 Å². The highest BCUT2D eigenvalue weighted by atomic mass is 16.5. The van der Waals surface area contributed by atoms with E-state index in [-0.39, 0.29) is 0 Å². The van der Waals surface area contributed by atoms with Crippen molar-refractivity contribution in [1.29, 1.82) is 0 Å². The molecule has 0 aromatic heterocycles. The van der Waals surface area contributed by atoms with E-state index in [1.807, 2.05) is 31.2 Å². The maximum absolute atomic E-state index is 11.5. The first-order valence-corrected chi connectivity index (χ1v) is 6.04. The van der Waals surface area contributed by atoms with Crippen molar-refractivity contribution >= 4 is 5.97 Å². The Morgan fingerprint density at radius 1 is 1.11 bits per heavy atom. The van der Waals surface area contributed by atoms with Crippen LogP contribution < -0.4 is 0 Å². The normalized spacial score (nSPS) is 11.9. The molecule has 1 N–H and O–H groups in total. The van der Waals surface area contributed by atoms with Crippen LogP contribution in [0, 0.1) is 6.92 Å². The molecule has 0 amide bonds. The summed E-state index contributed by atoms with van der Waals surface area (Å²) in [5.41, 5.74) is 3.00. The Balaban J connectivity index is 2.34. The lowest BCUT2D eigenvalue weighted by atomic mass is 9.98. The third kappa shape index (κ3) is 3.01. The van der Waals surface area contributed by atoms with E-state index in [2.05, 4.69) is 4.74 Å². The number of aryl methyl sites for hydroxylation is 1. The molecule has 0 bridgehead atoms. The number of ether oxygens (including phenoxy) is 1. The Labute approximate surface area is 112 Å². The summed E-state index contributed by atoms with van der Waals surface area (Å²) >= 11 is 0. The molecule has 0 aliphatic heterocycles. The third-order valence-corrected chi connectivity index (χ3v) is 2.98. The summed E-state index contributed by atoms with van der Waals surface area (Å²) in [6, 6.07) is 14.5. The number of aliphatic hydroxyl groups is 1. The zero-order valence-corrected chi connectivity index (χ0v) is 11.0. The number of hydrogen-bond acceptors (Lipinski definition) is 3. The molecule has 3 nitrogen and oxygen atoms in total. The van der Waals surface area contributed by atoms with Crippen molar-refractivity contribution in [2.45, 2.75) is 13.0 Å². The molecule has 0 fully saturated rings. The molecule has 3 heteroatoms. The van der Waals surface area contributed by atoms with E-state index in [1.54, 1.807) is 24.3 Å². The number of hydrogen-bond donors (Lipinski definition) is 1. The van der Waals surface area contributed by atoms with E-state index >= 15 is 0 Å². The van der Waals surface area contributed by atoms with Gasteiger partial charge in [-0.1, -0.05) is 42.0 Å². The molecule has 0 aliphatic rings. The van der Waals surface area contributed by atoms with E-state index in [0.29, 0.717) is 11.1 Å². The number of benzene rings is 2. The Kier molecular flexibility index (Phi) is 3.97. The highest BCUT2D eigenvalue weighted by Crippen LogP contribution is 2.23. The first-order valence-electron chi connectivity index (χ1n) is 6.04. The zero-order valence-electron chi connectivity index (χ0n) is 11.0. The van der Waals surface area contributed by atoms with Gasteiger partial charge in [-0.25, -0.2) is 4.79 Å². The summed E-state index contributed by atoms with van der Waals surface area (Å²) in [4.78, 5) is 11.5. The first kappa shape index (κ1) is 13.3. The van der Waals surface area contributed by atoms with Crippen LogP contribution in [0.25, 0.3) is 0 Å². The summed E-state index contributed by atoms with van der Waals surface area (Å²) in [6.45, 7) is 1.97. The van der Waals surface area contributed by atoms with Crippen LogP contribution in [-0.4, -0.2) is 18.2 Å². The van der Waals surface area contributed by atoms with Gasteiger partial charge in [0.2, 0.25) is 0 Å². The summed E-state index contributed by atoms with van der Waals surface area (Å²) in [7, 11) is 1.34. The molecule has 0 saturated carbocycles. The molecular weight excluding hydrogens is 240 g/mol. The van der Waals surface area contributed by atoms with Crippen molar-refractivity contribution < 1.29 is 14.6 Å². The number of carbonyl (C=O) groups excluding carboxylic acids is 1. The molecule has 0 aliphatic carbocycles. The fraction of sp³-hybridized carbons (Fsp3) is 0.188.